The van der Waals surface area contributed by atoms with Gasteiger partial charge in [-0.05, 0) is 42.5 Å². The molecule has 188 valence electrons. The summed E-state index contributed by atoms with van der Waals surface area (Å²) in [6.45, 7) is 2.10. The molecule has 0 unspecified atom stereocenters. The number of nitrogens with zero attached hydrogens (tertiary/aromatic N) is 4. The van der Waals surface area contributed by atoms with Gasteiger partial charge in [-0.2, -0.15) is 4.90 Å². The Morgan fingerprint density at radius 3 is 2.43 bits per heavy atom. The minimum atomic E-state index is -1.56. The molecule has 2 aromatic heterocycles. The number of para-hydroxylation sites is 1. The zero-order chi connectivity index (χ0) is 25.8. The average molecular weight is 502 g/mol. The van der Waals surface area contributed by atoms with Gasteiger partial charge in [0.25, 0.3) is 0 Å². The topological polar surface area (TPSA) is 123 Å². The van der Waals surface area contributed by atoms with Crippen LogP contribution in [0.25, 0.3) is 10.9 Å². The lowest BCUT2D eigenvalue weighted by Crippen LogP contribution is -2.42. The second kappa shape index (κ2) is 10.4. The van der Waals surface area contributed by atoms with Crippen molar-refractivity contribution < 1.29 is 33.7 Å². The first kappa shape index (κ1) is 23.8. The first-order valence-corrected chi connectivity index (χ1v) is 11.4. The lowest BCUT2D eigenvalue weighted by molar-refractivity contribution is 0.0538. The molecule has 1 saturated heterocycles. The molecule has 0 aliphatic carbocycles. The predicted octanol–water partition coefficient (Wildman–Crippen LogP) is 4.81. The van der Waals surface area contributed by atoms with E-state index in [4.69, 9.17) is 14.2 Å². The summed E-state index contributed by atoms with van der Waals surface area (Å²) in [7, 11) is 0. The lowest BCUT2D eigenvalue weighted by atomic mass is 10.2. The molecule has 1 aliphatic rings. The third kappa shape index (κ3) is 5.21. The number of pyridine rings is 1. The Hall–Kier alpha value is -4.90. The van der Waals surface area contributed by atoms with E-state index >= 15 is 0 Å². The summed E-state index contributed by atoms with van der Waals surface area (Å²) in [5.41, 5.74) is 0.722. The molecule has 0 saturated carbocycles. The fourth-order valence-electron chi connectivity index (χ4n) is 3.88. The van der Waals surface area contributed by atoms with E-state index < -0.39 is 12.2 Å². The monoisotopic (exact) mass is 502 g/mol. The maximum absolute atomic E-state index is 12.9. The van der Waals surface area contributed by atoms with E-state index in [0.717, 1.165) is 10.9 Å². The number of hydrogen-bond acceptors (Lipinski definition) is 7. The average Bonchev–Trinajstić information content (AvgIpc) is 3.33. The lowest BCUT2D eigenvalue weighted by Gasteiger charge is -2.27. The van der Waals surface area contributed by atoms with Crippen molar-refractivity contribution >= 4 is 34.9 Å². The van der Waals surface area contributed by atoms with E-state index in [9.17, 15) is 19.5 Å². The van der Waals surface area contributed by atoms with Gasteiger partial charge in [-0.15, -0.1) is 0 Å². The highest BCUT2D eigenvalue weighted by Gasteiger charge is 2.27. The Morgan fingerprint density at radius 1 is 0.919 bits per heavy atom. The molecule has 3 amide bonds. The summed E-state index contributed by atoms with van der Waals surface area (Å²) in [6.07, 6.45) is 0.348. The second-order valence-corrected chi connectivity index (χ2v) is 8.04. The Bertz CT molecular complexity index is 1450. The number of hydrogen-bond donors (Lipinski definition) is 1. The van der Waals surface area contributed by atoms with Crippen molar-refractivity contribution in [1.29, 1.82) is 0 Å². The fraction of sp³-hybridized carbons (Fsp3) is 0.154. The van der Waals surface area contributed by atoms with Gasteiger partial charge in [0.1, 0.15) is 17.2 Å². The van der Waals surface area contributed by atoms with Crippen LogP contribution in [0.2, 0.25) is 0 Å². The molecule has 0 radical (unpaired) electrons. The number of aromatic nitrogens is 2. The van der Waals surface area contributed by atoms with E-state index in [1.54, 1.807) is 52.1 Å². The largest absolute Gasteiger partial charge is 0.464 e. The van der Waals surface area contributed by atoms with Crippen molar-refractivity contribution in [2.24, 2.45) is 0 Å². The third-order valence-corrected chi connectivity index (χ3v) is 5.65. The quantitative estimate of drug-likeness (QED) is 0.422. The number of rotatable bonds is 4. The summed E-state index contributed by atoms with van der Waals surface area (Å²) in [5, 5.41) is 10.4. The van der Waals surface area contributed by atoms with Gasteiger partial charge in [-0.1, -0.05) is 18.2 Å². The Labute approximate surface area is 211 Å². The van der Waals surface area contributed by atoms with E-state index in [-0.39, 0.29) is 23.3 Å². The molecule has 2 aromatic carbocycles. The number of carbonyl (C=O) groups is 3. The number of fused-ring (bicyclic) bond motifs is 1. The summed E-state index contributed by atoms with van der Waals surface area (Å²) in [5.74, 6) is 0.717. The number of carboxylic acid groups (broad SMARTS) is 1. The number of carbonyl (C=O) groups excluding carboxylic acids is 2. The van der Waals surface area contributed by atoms with Crippen LogP contribution in [0.15, 0.2) is 79.1 Å². The molecular weight excluding hydrogens is 480 g/mol. The molecule has 0 atom stereocenters. The molecule has 4 aromatic rings. The molecule has 3 heterocycles. The third-order valence-electron chi connectivity index (χ3n) is 5.65. The second-order valence-electron chi connectivity index (χ2n) is 8.04. The number of morpholine rings is 1. The molecule has 1 aliphatic heterocycles. The Morgan fingerprint density at radius 2 is 1.68 bits per heavy atom. The molecule has 11 nitrogen and oxygen atoms in total. The van der Waals surface area contributed by atoms with Crippen LogP contribution in [0.4, 0.5) is 20.2 Å². The van der Waals surface area contributed by atoms with Gasteiger partial charge in [0.05, 0.1) is 18.7 Å². The van der Waals surface area contributed by atoms with Gasteiger partial charge in [-0.3, -0.25) is 4.57 Å². The van der Waals surface area contributed by atoms with Crippen LogP contribution in [0, 0.1) is 0 Å². The molecule has 37 heavy (non-hydrogen) atoms. The first-order valence-electron chi connectivity index (χ1n) is 11.4. The summed E-state index contributed by atoms with van der Waals surface area (Å²) in [6, 6.07) is 17.9. The standard InChI is InChI=1S/C26H22N4O7/c31-24(28-12-14-35-15-13-28)29-11-9-18-16-20(6-7-22(18)29)36-21-8-10-27-23(17-21)30(25(32)33)26(34)37-19-4-2-1-3-5-19/h1-11,16-17H,12-15H2,(H,32,33). The van der Waals surface area contributed by atoms with Crippen molar-refractivity contribution in [3.63, 3.8) is 0 Å². The van der Waals surface area contributed by atoms with Crippen LogP contribution >= 0.6 is 0 Å². The van der Waals surface area contributed by atoms with Crippen molar-refractivity contribution in [3.05, 3.63) is 79.1 Å². The van der Waals surface area contributed by atoms with Crippen LogP contribution < -0.4 is 14.4 Å². The van der Waals surface area contributed by atoms with Gasteiger partial charge in [-0.25, -0.2) is 19.4 Å². The normalized spacial score (nSPS) is 13.2. The number of imide groups is 1. The molecule has 11 heteroatoms. The zero-order valence-electron chi connectivity index (χ0n) is 19.5. The van der Waals surface area contributed by atoms with Crippen LogP contribution in [-0.2, 0) is 4.74 Å². The molecule has 5 rings (SSSR count). The Kier molecular flexibility index (Phi) is 6.68. The molecule has 1 fully saturated rings. The predicted molar refractivity (Wildman–Crippen MR) is 132 cm³/mol. The number of amides is 3. The van der Waals surface area contributed by atoms with Crippen molar-refractivity contribution in [2.75, 3.05) is 31.2 Å². The SMILES string of the molecule is O=C(O)N(C(=O)Oc1ccccc1)c1cc(Oc2ccc3c(ccn3C(=O)N3CCOCC3)c2)ccn1. The molecular formula is C26H22N4O7. The highest BCUT2D eigenvalue weighted by molar-refractivity contribution is 6.08. The summed E-state index contributed by atoms with van der Waals surface area (Å²) < 4.78 is 18.0. The van der Waals surface area contributed by atoms with Gasteiger partial charge < -0.3 is 24.2 Å². The highest BCUT2D eigenvalue weighted by Crippen LogP contribution is 2.29. The molecule has 0 spiro atoms. The number of ether oxygens (including phenoxy) is 3. The maximum atomic E-state index is 12.9. The van der Waals surface area contributed by atoms with Crippen LogP contribution in [0.5, 0.6) is 17.2 Å². The minimum absolute atomic E-state index is 0.123. The zero-order valence-corrected chi connectivity index (χ0v) is 19.5. The van der Waals surface area contributed by atoms with Gasteiger partial charge in [0, 0.05) is 36.9 Å². The first-order chi connectivity index (χ1) is 18.0. The van der Waals surface area contributed by atoms with E-state index in [0.29, 0.717) is 37.0 Å². The van der Waals surface area contributed by atoms with E-state index in [2.05, 4.69) is 4.98 Å². The minimum Gasteiger partial charge on any atom is -0.464 e. The highest BCUT2D eigenvalue weighted by atomic mass is 16.6. The van der Waals surface area contributed by atoms with Crippen LogP contribution in [0.1, 0.15) is 0 Å². The fourth-order valence-corrected chi connectivity index (χ4v) is 3.88. The Balaban J connectivity index is 1.34. The van der Waals surface area contributed by atoms with Gasteiger partial charge in [0.15, 0.2) is 5.82 Å². The summed E-state index contributed by atoms with van der Waals surface area (Å²) >= 11 is 0. The van der Waals surface area contributed by atoms with Crippen molar-refractivity contribution in [3.8, 4) is 17.2 Å². The number of anilines is 1. The molecule has 0 bridgehead atoms. The smallest absolute Gasteiger partial charge is 0.430 e. The van der Waals surface area contributed by atoms with Crippen molar-refractivity contribution in [1.82, 2.24) is 14.5 Å². The van der Waals surface area contributed by atoms with Gasteiger partial charge in [0.2, 0.25) is 0 Å². The van der Waals surface area contributed by atoms with Crippen LogP contribution in [-0.4, -0.2) is 64.1 Å². The van der Waals surface area contributed by atoms with Crippen LogP contribution in [0.3, 0.4) is 0 Å². The van der Waals surface area contributed by atoms with Crippen molar-refractivity contribution in [2.45, 2.75) is 0 Å². The van der Waals surface area contributed by atoms with E-state index in [1.165, 1.54) is 30.5 Å². The number of benzene rings is 2. The maximum Gasteiger partial charge on any atom is 0.430 e. The van der Waals surface area contributed by atoms with Gasteiger partial charge >= 0.3 is 18.2 Å². The summed E-state index contributed by atoms with van der Waals surface area (Å²) in [4.78, 5) is 43.4. The van der Waals surface area contributed by atoms with E-state index in [1.807, 2.05) is 6.07 Å². The molecule has 1 N–H and O–H groups in total.